The lowest BCUT2D eigenvalue weighted by molar-refractivity contribution is -0.132. The lowest BCUT2D eigenvalue weighted by Gasteiger charge is -2.22. The maximum atomic E-state index is 13.1. The Morgan fingerprint density at radius 1 is 1.04 bits per heavy atom. The van der Waals surface area contributed by atoms with Crippen LogP contribution < -0.4 is 0 Å². The summed E-state index contributed by atoms with van der Waals surface area (Å²) in [5, 5.41) is 0. The summed E-state index contributed by atoms with van der Waals surface area (Å²) >= 11 is 0. The summed E-state index contributed by atoms with van der Waals surface area (Å²) in [6, 6.07) is 11.6. The quantitative estimate of drug-likeness (QED) is 0.711. The second kappa shape index (κ2) is 7.66. The van der Waals surface area contributed by atoms with E-state index in [4.69, 9.17) is 0 Å². The van der Waals surface area contributed by atoms with Crippen molar-refractivity contribution in [2.24, 2.45) is 0 Å². The molecule has 0 saturated heterocycles. The van der Waals surface area contributed by atoms with Gasteiger partial charge in [0.15, 0.2) is 9.84 Å². The van der Waals surface area contributed by atoms with Crippen LogP contribution in [0.1, 0.15) is 42.4 Å². The molecule has 0 heterocycles. The third-order valence-electron chi connectivity index (χ3n) is 5.59. The molecule has 6 heteroatoms. The van der Waals surface area contributed by atoms with Gasteiger partial charge in [0.1, 0.15) is 5.82 Å². The average Bonchev–Trinajstić information content (AvgIpc) is 3.41. The highest BCUT2D eigenvalue weighted by Crippen LogP contribution is 2.30. The Hall–Kier alpha value is -2.21. The fourth-order valence-corrected chi connectivity index (χ4v) is 5.09. The Kier molecular flexibility index (Phi) is 5.23. The largest absolute Gasteiger partial charge is 0.335 e. The summed E-state index contributed by atoms with van der Waals surface area (Å²) in [5.41, 5.74) is 3.20. The molecule has 28 heavy (non-hydrogen) atoms. The monoisotopic (exact) mass is 401 g/mol. The minimum absolute atomic E-state index is 0.0306. The van der Waals surface area contributed by atoms with Crippen LogP contribution in [0.15, 0.2) is 47.4 Å². The van der Waals surface area contributed by atoms with Gasteiger partial charge in [0, 0.05) is 19.0 Å². The van der Waals surface area contributed by atoms with Crippen LogP contribution in [-0.2, 0) is 34.0 Å². The fraction of sp³-hybridized carbons (Fsp3) is 0.409. The number of aryl methyl sites for hydroxylation is 2. The minimum Gasteiger partial charge on any atom is -0.335 e. The van der Waals surface area contributed by atoms with Gasteiger partial charge < -0.3 is 4.90 Å². The molecule has 0 aliphatic heterocycles. The van der Waals surface area contributed by atoms with Crippen molar-refractivity contribution in [2.75, 3.05) is 5.75 Å². The third-order valence-corrected chi connectivity index (χ3v) is 7.30. The summed E-state index contributed by atoms with van der Waals surface area (Å²) < 4.78 is 38.6. The van der Waals surface area contributed by atoms with E-state index in [-0.39, 0.29) is 29.9 Å². The van der Waals surface area contributed by atoms with Gasteiger partial charge in [-0.3, -0.25) is 4.79 Å². The lowest BCUT2D eigenvalue weighted by atomic mass is 10.1. The van der Waals surface area contributed by atoms with Crippen LogP contribution in [0, 0.1) is 5.82 Å². The molecule has 0 N–H and O–H groups in total. The van der Waals surface area contributed by atoms with Crippen molar-refractivity contribution in [3.63, 3.8) is 0 Å². The molecule has 0 unspecified atom stereocenters. The Morgan fingerprint density at radius 2 is 1.75 bits per heavy atom. The predicted octanol–water partition coefficient (Wildman–Crippen LogP) is 3.67. The first-order valence-electron chi connectivity index (χ1n) is 9.81. The molecule has 4 nitrogen and oxygen atoms in total. The first-order valence-corrected chi connectivity index (χ1v) is 11.5. The van der Waals surface area contributed by atoms with Crippen molar-refractivity contribution >= 4 is 15.7 Å². The van der Waals surface area contributed by atoms with Crippen molar-refractivity contribution in [2.45, 2.75) is 56.0 Å². The van der Waals surface area contributed by atoms with Crippen LogP contribution in [0.3, 0.4) is 0 Å². The molecule has 1 amide bonds. The van der Waals surface area contributed by atoms with Crippen molar-refractivity contribution in [1.82, 2.24) is 4.90 Å². The van der Waals surface area contributed by atoms with E-state index in [1.54, 1.807) is 29.2 Å². The number of amides is 1. The number of carbonyl (C=O) groups excluding carboxylic acids is 1. The minimum atomic E-state index is -3.49. The molecule has 1 fully saturated rings. The normalized spacial score (nSPS) is 16.0. The molecule has 0 radical (unpaired) electrons. The molecule has 0 bridgehead atoms. The van der Waals surface area contributed by atoms with E-state index < -0.39 is 9.84 Å². The summed E-state index contributed by atoms with van der Waals surface area (Å²) in [6.45, 7) is 0.392. The first kappa shape index (κ1) is 19.1. The van der Waals surface area contributed by atoms with E-state index in [0.29, 0.717) is 11.4 Å². The van der Waals surface area contributed by atoms with Gasteiger partial charge in [0.05, 0.1) is 10.6 Å². The highest BCUT2D eigenvalue weighted by atomic mass is 32.2. The number of hydrogen-bond acceptors (Lipinski definition) is 3. The summed E-state index contributed by atoms with van der Waals surface area (Å²) in [5.74, 6) is -0.651. The SMILES string of the molecule is O=C(CCS(=O)(=O)c1ccc2c(c1)CCC2)N(Cc1ccc(F)cc1)C1CC1. The van der Waals surface area contributed by atoms with E-state index in [9.17, 15) is 17.6 Å². The smallest absolute Gasteiger partial charge is 0.224 e. The van der Waals surface area contributed by atoms with E-state index in [0.717, 1.165) is 43.2 Å². The second-order valence-electron chi connectivity index (χ2n) is 7.73. The van der Waals surface area contributed by atoms with Gasteiger partial charge in [-0.05, 0) is 73.1 Å². The zero-order chi connectivity index (χ0) is 19.7. The summed E-state index contributed by atoms with van der Waals surface area (Å²) in [6.07, 6.45) is 4.84. The Balaban J connectivity index is 1.42. The topological polar surface area (TPSA) is 54.5 Å². The lowest BCUT2D eigenvalue weighted by Crippen LogP contribution is -2.33. The summed E-state index contributed by atoms with van der Waals surface area (Å²) in [7, 11) is -3.49. The standard InChI is InChI=1S/C22H24FNO3S/c23-19-7-4-16(5-8-19)15-24(20-9-10-20)22(25)12-13-28(26,27)21-11-6-17-2-1-3-18(17)14-21/h4-8,11,14,20H,1-3,9-10,12-13,15H2. The number of hydrogen-bond donors (Lipinski definition) is 0. The molecule has 1 saturated carbocycles. The van der Waals surface area contributed by atoms with Crippen LogP contribution in [0.25, 0.3) is 0 Å². The van der Waals surface area contributed by atoms with Crippen molar-refractivity contribution in [3.05, 3.63) is 65.0 Å². The number of sulfone groups is 1. The van der Waals surface area contributed by atoms with Crippen molar-refractivity contribution < 1.29 is 17.6 Å². The number of rotatable bonds is 7. The number of carbonyl (C=O) groups is 1. The average molecular weight is 402 g/mol. The maximum absolute atomic E-state index is 13.1. The Morgan fingerprint density at radius 3 is 2.46 bits per heavy atom. The molecular weight excluding hydrogens is 377 g/mol. The van der Waals surface area contributed by atoms with Crippen molar-refractivity contribution in [3.8, 4) is 0 Å². The molecule has 2 aliphatic rings. The maximum Gasteiger partial charge on any atom is 0.224 e. The van der Waals surface area contributed by atoms with E-state index in [1.807, 2.05) is 6.07 Å². The van der Waals surface area contributed by atoms with Crippen LogP contribution >= 0.6 is 0 Å². The molecular formula is C22H24FNO3S. The highest BCUT2D eigenvalue weighted by molar-refractivity contribution is 7.91. The number of halogens is 1. The zero-order valence-electron chi connectivity index (χ0n) is 15.7. The molecule has 2 aromatic carbocycles. The Bertz CT molecular complexity index is 981. The molecule has 0 spiro atoms. The van der Waals surface area contributed by atoms with E-state index in [2.05, 4.69) is 0 Å². The zero-order valence-corrected chi connectivity index (χ0v) is 16.6. The number of benzene rings is 2. The molecule has 4 rings (SSSR count). The van der Waals surface area contributed by atoms with Crippen molar-refractivity contribution in [1.29, 1.82) is 0 Å². The van der Waals surface area contributed by atoms with Gasteiger partial charge in [-0.25, -0.2) is 12.8 Å². The fourth-order valence-electron chi connectivity index (χ4n) is 3.82. The first-order chi connectivity index (χ1) is 13.4. The van der Waals surface area contributed by atoms with E-state index >= 15 is 0 Å². The van der Waals surface area contributed by atoms with Gasteiger partial charge in [-0.15, -0.1) is 0 Å². The highest BCUT2D eigenvalue weighted by Gasteiger charge is 2.33. The van der Waals surface area contributed by atoms with Crippen LogP contribution in [0.4, 0.5) is 4.39 Å². The molecule has 148 valence electrons. The molecule has 2 aromatic rings. The summed E-state index contributed by atoms with van der Waals surface area (Å²) in [4.78, 5) is 14.8. The molecule has 0 atom stereocenters. The third kappa shape index (κ3) is 4.27. The van der Waals surface area contributed by atoms with Crippen LogP contribution in [0.5, 0.6) is 0 Å². The predicted molar refractivity (Wildman–Crippen MR) is 105 cm³/mol. The molecule has 2 aliphatic carbocycles. The number of fused-ring (bicyclic) bond motifs is 1. The molecule has 0 aromatic heterocycles. The van der Waals surface area contributed by atoms with Crippen LogP contribution in [-0.4, -0.2) is 31.0 Å². The van der Waals surface area contributed by atoms with Gasteiger partial charge >= 0.3 is 0 Å². The van der Waals surface area contributed by atoms with Gasteiger partial charge in [-0.2, -0.15) is 0 Å². The van der Waals surface area contributed by atoms with Gasteiger partial charge in [-0.1, -0.05) is 18.2 Å². The van der Waals surface area contributed by atoms with Gasteiger partial charge in [0.25, 0.3) is 0 Å². The van der Waals surface area contributed by atoms with Crippen LogP contribution in [0.2, 0.25) is 0 Å². The van der Waals surface area contributed by atoms with Gasteiger partial charge in [0.2, 0.25) is 5.91 Å². The number of nitrogens with zero attached hydrogens (tertiary/aromatic N) is 1. The second-order valence-corrected chi connectivity index (χ2v) is 9.84. The van der Waals surface area contributed by atoms with E-state index in [1.165, 1.54) is 17.7 Å². The Labute approximate surface area is 165 Å².